The normalized spacial score (nSPS) is 11.5. The van der Waals surface area contributed by atoms with Crippen LogP contribution in [-0.2, 0) is 20.6 Å². The highest BCUT2D eigenvalue weighted by Crippen LogP contribution is 2.20. The van der Waals surface area contributed by atoms with E-state index >= 15 is 0 Å². The lowest BCUT2D eigenvalue weighted by Gasteiger charge is -2.11. The van der Waals surface area contributed by atoms with Crippen molar-refractivity contribution in [1.82, 2.24) is 18.7 Å². The van der Waals surface area contributed by atoms with Crippen LogP contribution in [0.1, 0.15) is 16.7 Å². The molecule has 10 heteroatoms. The lowest BCUT2D eigenvalue weighted by atomic mass is 10.1. The quantitative estimate of drug-likeness (QED) is 0.371. The Kier molecular flexibility index (Phi) is 5.67. The summed E-state index contributed by atoms with van der Waals surface area (Å²) in [5, 5.41) is 4.29. The van der Waals surface area contributed by atoms with Crippen LogP contribution in [0.4, 0.5) is 10.3 Å². The third-order valence-corrected chi connectivity index (χ3v) is 5.63. The zero-order chi connectivity index (χ0) is 23.0. The van der Waals surface area contributed by atoms with Crippen molar-refractivity contribution in [2.75, 3.05) is 5.43 Å². The number of nitrogens with one attached hydrogen (secondary N) is 1. The van der Waals surface area contributed by atoms with Crippen LogP contribution < -0.4 is 16.7 Å². The zero-order valence-electron chi connectivity index (χ0n) is 17.6. The largest absolute Gasteiger partial charge is 0.332 e. The predicted octanol–water partition coefficient (Wildman–Crippen LogP) is 3.03. The van der Waals surface area contributed by atoms with Gasteiger partial charge in [0.25, 0.3) is 5.56 Å². The van der Waals surface area contributed by atoms with Crippen molar-refractivity contribution in [2.45, 2.75) is 13.5 Å². The molecular weight excluding hydrogens is 435 g/mol. The van der Waals surface area contributed by atoms with Crippen molar-refractivity contribution in [3.8, 4) is 0 Å². The lowest BCUT2D eigenvalue weighted by molar-refractivity contribution is 0.626. The molecule has 2 aromatic heterocycles. The summed E-state index contributed by atoms with van der Waals surface area (Å²) < 4.78 is 18.0. The van der Waals surface area contributed by atoms with Gasteiger partial charge in [-0.1, -0.05) is 41.9 Å². The zero-order valence-corrected chi connectivity index (χ0v) is 18.4. The summed E-state index contributed by atoms with van der Waals surface area (Å²) in [6.07, 6.45) is 1.24. The van der Waals surface area contributed by atoms with Crippen LogP contribution in [0.15, 0.2) is 57.2 Å². The van der Waals surface area contributed by atoms with Gasteiger partial charge in [-0.3, -0.25) is 18.5 Å². The van der Waals surface area contributed by atoms with Crippen LogP contribution in [0, 0.1) is 12.7 Å². The molecule has 1 N–H and O–H groups in total. The topological polar surface area (TPSA) is 86.2 Å². The molecule has 0 aliphatic carbocycles. The van der Waals surface area contributed by atoms with Crippen molar-refractivity contribution in [1.29, 1.82) is 0 Å². The third kappa shape index (κ3) is 3.71. The number of imidazole rings is 1. The fraction of sp³-hybridized carbons (Fsp3) is 0.182. The highest BCUT2D eigenvalue weighted by atomic mass is 35.5. The second-order valence-electron chi connectivity index (χ2n) is 7.33. The number of hydrogen-bond acceptors (Lipinski definition) is 5. The summed E-state index contributed by atoms with van der Waals surface area (Å²) in [5.41, 5.74) is 4.39. The van der Waals surface area contributed by atoms with E-state index in [4.69, 9.17) is 11.6 Å². The van der Waals surface area contributed by atoms with E-state index in [2.05, 4.69) is 15.5 Å². The molecule has 0 aliphatic rings. The van der Waals surface area contributed by atoms with Crippen LogP contribution in [-0.4, -0.2) is 24.9 Å². The van der Waals surface area contributed by atoms with Gasteiger partial charge in [0.1, 0.15) is 5.82 Å². The first-order valence-electron chi connectivity index (χ1n) is 9.73. The molecule has 0 amide bonds. The lowest BCUT2D eigenvalue weighted by Crippen LogP contribution is -2.37. The van der Waals surface area contributed by atoms with E-state index in [1.807, 2.05) is 31.2 Å². The van der Waals surface area contributed by atoms with E-state index in [1.54, 1.807) is 17.7 Å². The van der Waals surface area contributed by atoms with Gasteiger partial charge < -0.3 is 0 Å². The predicted molar refractivity (Wildman–Crippen MR) is 123 cm³/mol. The molecule has 0 unspecified atom stereocenters. The molecule has 0 aliphatic heterocycles. The van der Waals surface area contributed by atoms with E-state index in [0.717, 1.165) is 15.7 Å². The number of halogens is 2. The number of rotatable bonds is 5. The van der Waals surface area contributed by atoms with Crippen LogP contribution in [0.25, 0.3) is 11.2 Å². The van der Waals surface area contributed by atoms with Gasteiger partial charge in [0.2, 0.25) is 5.95 Å². The Labute approximate surface area is 187 Å². The molecule has 4 aromatic rings. The molecular formula is C22H20ClFN6O2. The summed E-state index contributed by atoms with van der Waals surface area (Å²) in [6.45, 7) is 2.28. The number of aromatic nitrogens is 4. The van der Waals surface area contributed by atoms with Gasteiger partial charge in [0.15, 0.2) is 11.2 Å². The Hall–Kier alpha value is -3.72. The average molecular weight is 455 g/mol. The number of hydrazone groups is 1. The van der Waals surface area contributed by atoms with Gasteiger partial charge >= 0.3 is 5.69 Å². The number of benzene rings is 2. The van der Waals surface area contributed by atoms with E-state index < -0.39 is 17.1 Å². The highest BCUT2D eigenvalue weighted by Gasteiger charge is 2.19. The maximum Gasteiger partial charge on any atom is 0.332 e. The molecule has 2 aromatic carbocycles. The van der Waals surface area contributed by atoms with Gasteiger partial charge in [-0.2, -0.15) is 10.1 Å². The molecule has 0 bridgehead atoms. The Morgan fingerprint density at radius 3 is 2.59 bits per heavy atom. The molecule has 2 heterocycles. The molecule has 32 heavy (non-hydrogen) atoms. The maximum absolute atomic E-state index is 14.0. The number of aryl methyl sites for hydroxylation is 2. The SMILES string of the molecule is Cc1ccccc1Cn1c(N/N=C\c2c(F)cccc2Cl)nc2c1c(=O)n(C)c(=O)n2C. The summed E-state index contributed by atoms with van der Waals surface area (Å²) >= 11 is 6.05. The van der Waals surface area contributed by atoms with E-state index in [1.165, 1.54) is 30.0 Å². The molecule has 0 atom stereocenters. The molecule has 0 fully saturated rings. The van der Waals surface area contributed by atoms with Crippen molar-refractivity contribution in [2.24, 2.45) is 19.2 Å². The van der Waals surface area contributed by atoms with Gasteiger partial charge in [-0.05, 0) is 30.2 Å². The van der Waals surface area contributed by atoms with Gasteiger partial charge in [0.05, 0.1) is 17.8 Å². The fourth-order valence-electron chi connectivity index (χ4n) is 3.43. The summed E-state index contributed by atoms with van der Waals surface area (Å²) in [5.74, 6) is -0.294. The second-order valence-corrected chi connectivity index (χ2v) is 7.74. The summed E-state index contributed by atoms with van der Waals surface area (Å²) in [6, 6.07) is 12.1. The Morgan fingerprint density at radius 2 is 1.88 bits per heavy atom. The first-order chi connectivity index (χ1) is 15.3. The van der Waals surface area contributed by atoms with E-state index in [0.29, 0.717) is 6.54 Å². The number of fused-ring (bicyclic) bond motifs is 1. The highest BCUT2D eigenvalue weighted by molar-refractivity contribution is 6.33. The molecule has 0 radical (unpaired) electrons. The minimum Gasteiger partial charge on any atom is -0.298 e. The summed E-state index contributed by atoms with van der Waals surface area (Å²) in [7, 11) is 2.96. The molecule has 0 spiro atoms. The number of nitrogens with zero attached hydrogens (tertiary/aromatic N) is 5. The van der Waals surface area contributed by atoms with Gasteiger partial charge in [-0.25, -0.2) is 14.6 Å². The standard InChI is InChI=1S/C22H20ClFN6O2/c1-13-7-4-5-8-14(13)12-30-18-19(28(2)22(32)29(3)20(18)31)26-21(30)27-25-11-15-16(23)9-6-10-17(15)24/h4-11H,12H2,1-3H3,(H,26,27)/b25-11-. The number of anilines is 1. The van der Waals surface area contributed by atoms with Crippen LogP contribution in [0.3, 0.4) is 0 Å². The Bertz CT molecular complexity index is 1460. The monoisotopic (exact) mass is 454 g/mol. The van der Waals surface area contributed by atoms with Crippen LogP contribution in [0.5, 0.6) is 0 Å². The first kappa shape index (κ1) is 21.5. The van der Waals surface area contributed by atoms with Crippen LogP contribution >= 0.6 is 11.6 Å². The average Bonchev–Trinajstić information content (AvgIpc) is 3.12. The Morgan fingerprint density at radius 1 is 1.12 bits per heavy atom. The minimum absolute atomic E-state index is 0.117. The summed E-state index contributed by atoms with van der Waals surface area (Å²) in [4.78, 5) is 29.8. The minimum atomic E-state index is -0.521. The second kappa shape index (κ2) is 8.43. The molecule has 0 saturated heterocycles. The first-order valence-corrected chi connectivity index (χ1v) is 10.1. The van der Waals surface area contributed by atoms with E-state index in [9.17, 15) is 14.0 Å². The Balaban J connectivity index is 1.86. The van der Waals surface area contributed by atoms with Crippen molar-refractivity contribution < 1.29 is 4.39 Å². The molecule has 0 saturated carbocycles. The van der Waals surface area contributed by atoms with Gasteiger partial charge in [-0.15, -0.1) is 0 Å². The molecule has 164 valence electrons. The van der Waals surface area contributed by atoms with Crippen molar-refractivity contribution in [3.05, 3.63) is 90.8 Å². The maximum atomic E-state index is 14.0. The van der Waals surface area contributed by atoms with E-state index in [-0.39, 0.29) is 27.7 Å². The van der Waals surface area contributed by atoms with Crippen LogP contribution in [0.2, 0.25) is 5.02 Å². The number of hydrogen-bond donors (Lipinski definition) is 1. The smallest absolute Gasteiger partial charge is 0.298 e. The van der Waals surface area contributed by atoms with Crippen molar-refractivity contribution in [3.63, 3.8) is 0 Å². The molecule has 4 rings (SSSR count). The van der Waals surface area contributed by atoms with Gasteiger partial charge in [0, 0.05) is 19.7 Å². The van der Waals surface area contributed by atoms with Crippen molar-refractivity contribution >= 4 is 34.9 Å². The fourth-order valence-corrected chi connectivity index (χ4v) is 3.64. The third-order valence-electron chi connectivity index (χ3n) is 5.30. The molecule has 8 nitrogen and oxygen atoms in total.